The first-order valence-corrected chi connectivity index (χ1v) is 5.27. The van der Waals surface area contributed by atoms with Crippen LogP contribution in [0.5, 0.6) is 11.5 Å². The number of carbonyl (C=O) groups excluding carboxylic acids is 2. The molecule has 1 aromatic carbocycles. The third kappa shape index (κ3) is 1.48. The van der Waals surface area contributed by atoms with Gasteiger partial charge in [0.25, 0.3) is 0 Å². The highest BCUT2D eigenvalue weighted by atomic mass is 16.5. The van der Waals surface area contributed by atoms with Gasteiger partial charge in [-0.15, -0.1) is 0 Å². The van der Waals surface area contributed by atoms with Gasteiger partial charge in [0, 0.05) is 5.57 Å². The topological polar surface area (TPSA) is 72.8 Å². The lowest BCUT2D eigenvalue weighted by molar-refractivity contribution is 0.0924. The van der Waals surface area contributed by atoms with E-state index in [-0.39, 0.29) is 28.2 Å². The summed E-state index contributed by atoms with van der Waals surface area (Å²) in [4.78, 5) is 24.1. The number of Topliss-reactive ketones (excluding diaryl/α,β-unsaturated/α-hetero) is 2. The van der Waals surface area contributed by atoms with Crippen LogP contribution < -0.4 is 9.47 Å². The first-order valence-electron chi connectivity index (χ1n) is 5.27. The second kappa shape index (κ2) is 4.18. The lowest BCUT2D eigenvalue weighted by Crippen LogP contribution is -2.22. The second-order valence-corrected chi connectivity index (χ2v) is 3.85. The largest absolute Gasteiger partial charge is 0.504 e. The molecule has 0 amide bonds. The summed E-state index contributed by atoms with van der Waals surface area (Å²) in [7, 11) is 2.80. The number of ketones is 2. The van der Waals surface area contributed by atoms with Crippen LogP contribution in [0.2, 0.25) is 0 Å². The number of methoxy groups -OCH3 is 2. The molecule has 0 saturated carbocycles. The Balaban J connectivity index is 2.83. The van der Waals surface area contributed by atoms with E-state index in [9.17, 15) is 14.7 Å². The molecule has 1 aliphatic carbocycles. The summed E-state index contributed by atoms with van der Waals surface area (Å²) in [6.07, 6.45) is 0. The van der Waals surface area contributed by atoms with E-state index in [1.54, 1.807) is 6.07 Å². The van der Waals surface area contributed by atoms with Gasteiger partial charge < -0.3 is 14.6 Å². The van der Waals surface area contributed by atoms with Gasteiger partial charge >= 0.3 is 0 Å². The van der Waals surface area contributed by atoms with Crippen molar-refractivity contribution < 1.29 is 24.2 Å². The van der Waals surface area contributed by atoms with E-state index < -0.39 is 17.3 Å². The summed E-state index contributed by atoms with van der Waals surface area (Å²) in [5.74, 6) is -1.08. The Morgan fingerprint density at radius 2 is 1.39 bits per heavy atom. The van der Waals surface area contributed by atoms with Crippen LogP contribution in [0, 0.1) is 0 Å². The molecule has 0 radical (unpaired) electrons. The Bertz CT molecular complexity index is 532. The number of fused-ring (bicyclic) bond motifs is 1. The monoisotopic (exact) mass is 248 g/mol. The van der Waals surface area contributed by atoms with Crippen LogP contribution in [0.4, 0.5) is 0 Å². The smallest absolute Gasteiger partial charge is 0.232 e. The van der Waals surface area contributed by atoms with E-state index in [4.69, 9.17) is 9.47 Å². The summed E-state index contributed by atoms with van der Waals surface area (Å²) in [5, 5.41) is 9.66. The zero-order chi connectivity index (χ0) is 13.4. The molecule has 0 spiro atoms. The van der Waals surface area contributed by atoms with Crippen LogP contribution in [0.25, 0.3) is 0 Å². The van der Waals surface area contributed by atoms with Crippen molar-refractivity contribution in [3.8, 4) is 11.5 Å². The molecule has 18 heavy (non-hydrogen) atoms. The van der Waals surface area contributed by atoms with Crippen LogP contribution in [0.15, 0.2) is 23.5 Å². The summed E-state index contributed by atoms with van der Waals surface area (Å²) < 4.78 is 10.1. The molecule has 94 valence electrons. The lowest BCUT2D eigenvalue weighted by atomic mass is 9.87. The van der Waals surface area contributed by atoms with Crippen molar-refractivity contribution in [3.05, 3.63) is 34.6 Å². The number of ether oxygens (including phenoxy) is 2. The Morgan fingerprint density at radius 3 is 1.83 bits per heavy atom. The zero-order valence-electron chi connectivity index (χ0n) is 10.2. The molecule has 0 saturated heterocycles. The third-order valence-electron chi connectivity index (χ3n) is 2.93. The fourth-order valence-corrected chi connectivity index (χ4v) is 1.94. The van der Waals surface area contributed by atoms with Crippen LogP contribution in [0.3, 0.4) is 0 Å². The van der Waals surface area contributed by atoms with Crippen LogP contribution in [-0.2, 0) is 0 Å². The van der Waals surface area contributed by atoms with Crippen molar-refractivity contribution in [1.29, 1.82) is 0 Å². The molecule has 5 nitrogen and oxygen atoms in total. The normalized spacial score (nSPS) is 14.6. The molecule has 1 N–H and O–H groups in total. The van der Waals surface area contributed by atoms with E-state index in [1.165, 1.54) is 27.2 Å². The van der Waals surface area contributed by atoms with Gasteiger partial charge in [-0.1, -0.05) is 0 Å². The molecule has 1 aromatic rings. The van der Waals surface area contributed by atoms with Crippen LogP contribution in [0.1, 0.15) is 27.6 Å². The molecule has 0 fully saturated rings. The van der Waals surface area contributed by atoms with Gasteiger partial charge in [-0.2, -0.15) is 0 Å². The molecular formula is C13H12O5. The van der Waals surface area contributed by atoms with Gasteiger partial charge in [-0.25, -0.2) is 0 Å². The first-order chi connectivity index (χ1) is 8.52. The number of aliphatic hydroxyl groups is 1. The highest BCUT2D eigenvalue weighted by Gasteiger charge is 2.35. The molecule has 0 aliphatic heterocycles. The van der Waals surface area contributed by atoms with Crippen molar-refractivity contribution in [2.24, 2.45) is 0 Å². The third-order valence-corrected chi connectivity index (χ3v) is 2.93. The minimum Gasteiger partial charge on any atom is -0.504 e. The highest BCUT2D eigenvalue weighted by molar-refractivity contribution is 6.27. The molecule has 5 heteroatoms. The van der Waals surface area contributed by atoms with Gasteiger partial charge in [0.05, 0.1) is 25.3 Å². The predicted molar refractivity (Wildman–Crippen MR) is 63.5 cm³/mol. The molecule has 0 atom stereocenters. The first kappa shape index (κ1) is 12.2. The van der Waals surface area contributed by atoms with Crippen molar-refractivity contribution in [3.63, 3.8) is 0 Å². The molecule has 0 heterocycles. The molecular weight excluding hydrogens is 236 g/mol. The quantitative estimate of drug-likeness (QED) is 0.865. The maximum atomic E-state index is 12.1. The maximum absolute atomic E-state index is 12.1. The van der Waals surface area contributed by atoms with Gasteiger partial charge in [0.15, 0.2) is 11.5 Å². The van der Waals surface area contributed by atoms with Crippen molar-refractivity contribution in [2.75, 3.05) is 14.2 Å². The number of benzene rings is 1. The van der Waals surface area contributed by atoms with E-state index in [0.717, 1.165) is 0 Å². The SMILES string of the molecule is COc1ccc(OC)c2c1C(=O)C(C)=C(O)C2=O. The Morgan fingerprint density at radius 1 is 0.944 bits per heavy atom. The average molecular weight is 248 g/mol. The van der Waals surface area contributed by atoms with Gasteiger partial charge in [-0.05, 0) is 19.1 Å². The molecule has 0 unspecified atom stereocenters. The highest BCUT2D eigenvalue weighted by Crippen LogP contribution is 2.37. The Hall–Kier alpha value is -2.30. The van der Waals surface area contributed by atoms with Crippen molar-refractivity contribution >= 4 is 11.6 Å². The molecule has 2 rings (SSSR count). The molecule has 1 aliphatic rings. The molecule has 0 bridgehead atoms. The van der Waals surface area contributed by atoms with E-state index >= 15 is 0 Å². The number of aliphatic hydroxyl groups excluding tert-OH is 1. The Labute approximate surface area is 104 Å². The maximum Gasteiger partial charge on any atom is 0.232 e. The number of rotatable bonds is 2. The van der Waals surface area contributed by atoms with Gasteiger partial charge in [-0.3, -0.25) is 9.59 Å². The minimum atomic E-state index is -0.627. The summed E-state index contributed by atoms with van der Waals surface area (Å²) in [5.41, 5.74) is 0.196. The number of carbonyl (C=O) groups is 2. The zero-order valence-corrected chi connectivity index (χ0v) is 10.2. The minimum absolute atomic E-state index is 0.0130. The van der Waals surface area contributed by atoms with Gasteiger partial charge in [0.1, 0.15) is 11.5 Å². The number of hydrogen-bond donors (Lipinski definition) is 1. The lowest BCUT2D eigenvalue weighted by Gasteiger charge is -2.20. The fraction of sp³-hybridized carbons (Fsp3) is 0.231. The summed E-state index contributed by atoms with van der Waals surface area (Å²) >= 11 is 0. The standard InChI is InChI=1S/C13H12O5/c1-6-11(14)9-7(17-2)4-5-8(18-3)10(9)13(16)12(6)15/h4-5,15H,1-3H3. The van der Waals surface area contributed by atoms with E-state index in [0.29, 0.717) is 0 Å². The number of allylic oxidation sites excluding steroid dienone is 2. The van der Waals surface area contributed by atoms with E-state index in [2.05, 4.69) is 0 Å². The fourth-order valence-electron chi connectivity index (χ4n) is 1.94. The summed E-state index contributed by atoms with van der Waals surface area (Å²) in [6, 6.07) is 3.08. The Kier molecular flexibility index (Phi) is 2.82. The van der Waals surface area contributed by atoms with Crippen molar-refractivity contribution in [1.82, 2.24) is 0 Å². The summed E-state index contributed by atoms with van der Waals surface area (Å²) in [6.45, 7) is 1.40. The predicted octanol–water partition coefficient (Wildman–Crippen LogP) is 1.91. The van der Waals surface area contributed by atoms with Crippen LogP contribution >= 0.6 is 0 Å². The van der Waals surface area contributed by atoms with Crippen molar-refractivity contribution in [2.45, 2.75) is 6.92 Å². The second-order valence-electron chi connectivity index (χ2n) is 3.85. The molecule has 0 aromatic heterocycles. The number of hydrogen-bond acceptors (Lipinski definition) is 5. The van der Waals surface area contributed by atoms with Crippen LogP contribution in [-0.4, -0.2) is 30.9 Å². The van der Waals surface area contributed by atoms with E-state index in [1.807, 2.05) is 0 Å². The van der Waals surface area contributed by atoms with Gasteiger partial charge in [0.2, 0.25) is 5.78 Å². The average Bonchev–Trinajstić information content (AvgIpc) is 2.40.